The van der Waals surface area contributed by atoms with Crippen LogP contribution in [0.1, 0.15) is 23.3 Å². The molecule has 1 aromatic carbocycles. The summed E-state index contributed by atoms with van der Waals surface area (Å²) in [4.78, 5) is 30.8. The molecule has 7 heteroatoms. The van der Waals surface area contributed by atoms with Gasteiger partial charge in [0.2, 0.25) is 5.91 Å². The van der Waals surface area contributed by atoms with Crippen molar-refractivity contribution in [3.8, 4) is 0 Å². The molecule has 0 bridgehead atoms. The fourth-order valence-corrected chi connectivity index (χ4v) is 2.75. The molecule has 0 atom stereocenters. The van der Waals surface area contributed by atoms with Crippen molar-refractivity contribution in [3.63, 3.8) is 0 Å². The fraction of sp³-hybridized carbons (Fsp3) is 0.188. The lowest BCUT2D eigenvalue weighted by atomic mass is 10.2. The zero-order valence-electron chi connectivity index (χ0n) is 12.3. The van der Waals surface area contributed by atoms with Crippen molar-refractivity contribution in [2.45, 2.75) is 12.8 Å². The van der Waals surface area contributed by atoms with Gasteiger partial charge in [0.1, 0.15) is 5.69 Å². The number of hydrogen-bond acceptors (Lipinski definition) is 4. The van der Waals surface area contributed by atoms with Crippen LogP contribution in [-0.2, 0) is 4.79 Å². The van der Waals surface area contributed by atoms with Gasteiger partial charge in [-0.25, -0.2) is 4.98 Å². The number of amides is 2. The molecule has 0 fully saturated rings. The van der Waals surface area contributed by atoms with Gasteiger partial charge in [-0.1, -0.05) is 18.2 Å². The van der Waals surface area contributed by atoms with Gasteiger partial charge in [0.25, 0.3) is 5.91 Å². The summed E-state index contributed by atoms with van der Waals surface area (Å²) < 4.78 is 0. The monoisotopic (exact) mass is 328 g/mol. The Morgan fingerprint density at radius 2 is 2.13 bits per heavy atom. The summed E-state index contributed by atoms with van der Waals surface area (Å²) in [6.45, 7) is 0.444. The van der Waals surface area contributed by atoms with E-state index in [1.165, 1.54) is 11.3 Å². The third kappa shape index (κ3) is 3.95. The maximum Gasteiger partial charge on any atom is 0.267 e. The molecule has 3 rings (SSSR count). The maximum atomic E-state index is 12.1. The first kappa shape index (κ1) is 15.2. The predicted octanol–water partition coefficient (Wildman–Crippen LogP) is 2.77. The van der Waals surface area contributed by atoms with Gasteiger partial charge in [0.05, 0.1) is 0 Å². The Bertz CT molecular complexity index is 777. The van der Waals surface area contributed by atoms with Gasteiger partial charge in [-0.2, -0.15) is 0 Å². The van der Waals surface area contributed by atoms with Gasteiger partial charge in [-0.05, 0) is 18.6 Å². The lowest BCUT2D eigenvalue weighted by Crippen LogP contribution is -2.25. The van der Waals surface area contributed by atoms with E-state index in [1.54, 1.807) is 11.6 Å². The first-order valence-electron chi connectivity index (χ1n) is 7.28. The number of aromatic amines is 1. The molecule has 118 valence electrons. The Morgan fingerprint density at radius 3 is 2.91 bits per heavy atom. The minimum atomic E-state index is -0.165. The number of nitrogens with one attached hydrogen (secondary N) is 3. The minimum Gasteiger partial charge on any atom is -0.351 e. The zero-order chi connectivity index (χ0) is 16.1. The number of H-pyrrole nitrogens is 1. The van der Waals surface area contributed by atoms with Crippen LogP contribution >= 0.6 is 11.3 Å². The van der Waals surface area contributed by atoms with Crippen LogP contribution in [0.5, 0.6) is 0 Å². The molecule has 0 saturated heterocycles. The molecule has 0 saturated carbocycles. The summed E-state index contributed by atoms with van der Waals surface area (Å²) in [6, 6.07) is 9.54. The number of fused-ring (bicyclic) bond motifs is 1. The SMILES string of the molecule is O=C(CCCNC(=O)c1cc2ccccc2[nH]1)Nc1nccs1. The molecule has 0 radical (unpaired) electrons. The predicted molar refractivity (Wildman–Crippen MR) is 90.6 cm³/mol. The summed E-state index contributed by atoms with van der Waals surface area (Å²) in [5.41, 5.74) is 1.46. The number of carbonyl (C=O) groups is 2. The van der Waals surface area contributed by atoms with E-state index in [2.05, 4.69) is 20.6 Å². The highest BCUT2D eigenvalue weighted by Gasteiger charge is 2.09. The Balaban J connectivity index is 1.43. The van der Waals surface area contributed by atoms with Crippen LogP contribution in [-0.4, -0.2) is 28.3 Å². The van der Waals surface area contributed by atoms with Gasteiger partial charge in [-0.15, -0.1) is 11.3 Å². The Hall–Kier alpha value is -2.67. The molecule has 0 unspecified atom stereocenters. The van der Waals surface area contributed by atoms with E-state index in [9.17, 15) is 9.59 Å². The highest BCUT2D eigenvalue weighted by molar-refractivity contribution is 7.13. The molecular weight excluding hydrogens is 312 g/mol. The smallest absolute Gasteiger partial charge is 0.267 e. The largest absolute Gasteiger partial charge is 0.351 e. The molecular formula is C16H16N4O2S. The number of nitrogens with zero attached hydrogens (tertiary/aromatic N) is 1. The second-order valence-electron chi connectivity index (χ2n) is 5.02. The zero-order valence-corrected chi connectivity index (χ0v) is 13.2. The molecule has 2 heterocycles. The normalized spacial score (nSPS) is 10.6. The number of carbonyl (C=O) groups excluding carboxylic acids is 2. The number of rotatable bonds is 6. The first-order valence-corrected chi connectivity index (χ1v) is 8.15. The van der Waals surface area contributed by atoms with E-state index in [-0.39, 0.29) is 11.8 Å². The molecule has 0 aliphatic heterocycles. The fourth-order valence-electron chi connectivity index (χ4n) is 2.21. The van der Waals surface area contributed by atoms with Crippen LogP contribution in [0.15, 0.2) is 41.9 Å². The number of thiazole rings is 1. The van der Waals surface area contributed by atoms with E-state index in [1.807, 2.05) is 30.3 Å². The Morgan fingerprint density at radius 1 is 1.26 bits per heavy atom. The maximum absolute atomic E-state index is 12.1. The summed E-state index contributed by atoms with van der Waals surface area (Å²) in [6.07, 6.45) is 2.55. The van der Waals surface area contributed by atoms with E-state index in [0.717, 1.165) is 10.9 Å². The lowest BCUT2D eigenvalue weighted by Gasteiger charge is -2.04. The number of anilines is 1. The van der Waals surface area contributed by atoms with Gasteiger partial charge in [0.15, 0.2) is 5.13 Å². The van der Waals surface area contributed by atoms with Crippen molar-refractivity contribution >= 4 is 39.2 Å². The second-order valence-corrected chi connectivity index (χ2v) is 5.91. The van der Waals surface area contributed by atoms with Crippen molar-refractivity contribution < 1.29 is 9.59 Å². The topological polar surface area (TPSA) is 86.9 Å². The second kappa shape index (κ2) is 7.06. The van der Waals surface area contributed by atoms with Gasteiger partial charge in [-0.3, -0.25) is 9.59 Å². The molecule has 3 N–H and O–H groups in total. The molecule has 0 spiro atoms. The van der Waals surface area contributed by atoms with Gasteiger partial charge >= 0.3 is 0 Å². The molecule has 0 aliphatic carbocycles. The van der Waals surface area contributed by atoms with Crippen LogP contribution < -0.4 is 10.6 Å². The molecule has 2 aromatic heterocycles. The number of hydrogen-bond donors (Lipinski definition) is 3. The van der Waals surface area contributed by atoms with Crippen LogP contribution in [0.25, 0.3) is 10.9 Å². The van der Waals surface area contributed by atoms with E-state index in [0.29, 0.717) is 30.2 Å². The average Bonchev–Trinajstić information content (AvgIpc) is 3.20. The quantitative estimate of drug-likeness (QED) is 0.608. The van der Waals surface area contributed by atoms with Crippen LogP contribution in [0, 0.1) is 0 Å². The van der Waals surface area contributed by atoms with Crippen LogP contribution in [0.2, 0.25) is 0 Å². The summed E-state index contributed by atoms with van der Waals surface area (Å²) in [5.74, 6) is -0.263. The molecule has 3 aromatic rings. The Labute approximate surface area is 136 Å². The molecule has 0 aliphatic rings. The highest BCUT2D eigenvalue weighted by atomic mass is 32.1. The number of benzene rings is 1. The third-order valence-electron chi connectivity index (χ3n) is 3.32. The van der Waals surface area contributed by atoms with Crippen LogP contribution in [0.4, 0.5) is 5.13 Å². The van der Waals surface area contributed by atoms with E-state index in [4.69, 9.17) is 0 Å². The third-order valence-corrected chi connectivity index (χ3v) is 4.01. The van der Waals surface area contributed by atoms with E-state index >= 15 is 0 Å². The van der Waals surface area contributed by atoms with Gasteiger partial charge < -0.3 is 15.6 Å². The van der Waals surface area contributed by atoms with Crippen molar-refractivity contribution in [1.29, 1.82) is 0 Å². The lowest BCUT2D eigenvalue weighted by molar-refractivity contribution is -0.116. The van der Waals surface area contributed by atoms with Crippen molar-refractivity contribution in [2.24, 2.45) is 0 Å². The molecule has 6 nitrogen and oxygen atoms in total. The summed E-state index contributed by atoms with van der Waals surface area (Å²) >= 11 is 1.38. The number of aromatic nitrogens is 2. The molecule has 23 heavy (non-hydrogen) atoms. The minimum absolute atomic E-state index is 0.0974. The van der Waals surface area contributed by atoms with Crippen molar-refractivity contribution in [1.82, 2.24) is 15.3 Å². The van der Waals surface area contributed by atoms with Crippen molar-refractivity contribution in [2.75, 3.05) is 11.9 Å². The first-order chi connectivity index (χ1) is 11.2. The number of para-hydroxylation sites is 1. The average molecular weight is 328 g/mol. The van der Waals surface area contributed by atoms with Gasteiger partial charge in [0, 0.05) is 35.4 Å². The van der Waals surface area contributed by atoms with Crippen LogP contribution in [0.3, 0.4) is 0 Å². The Kier molecular flexibility index (Phi) is 4.68. The summed E-state index contributed by atoms with van der Waals surface area (Å²) in [5, 5.41) is 8.92. The van der Waals surface area contributed by atoms with E-state index < -0.39 is 0 Å². The standard InChI is InChI=1S/C16H16N4O2S/c21-14(20-16-18-8-9-23-16)6-3-7-17-15(22)13-10-11-4-1-2-5-12(11)19-13/h1-2,4-5,8-10,19H,3,6-7H2,(H,17,22)(H,18,20,21). The van der Waals surface area contributed by atoms with Crippen molar-refractivity contribution in [3.05, 3.63) is 47.6 Å². The summed E-state index contributed by atoms with van der Waals surface area (Å²) in [7, 11) is 0. The molecule has 2 amide bonds. The highest BCUT2D eigenvalue weighted by Crippen LogP contribution is 2.14.